The Bertz CT molecular complexity index is 315. The van der Waals surface area contributed by atoms with E-state index in [1.807, 2.05) is 30.3 Å². The molecule has 0 amide bonds. The highest BCUT2D eigenvalue weighted by Crippen LogP contribution is 2.23. The Morgan fingerprint density at radius 2 is 2.07 bits per heavy atom. The molecule has 2 atom stereocenters. The Morgan fingerprint density at radius 3 is 2.73 bits per heavy atom. The average molecular weight is 207 g/mol. The van der Waals surface area contributed by atoms with Gasteiger partial charge in [-0.05, 0) is 18.5 Å². The van der Waals surface area contributed by atoms with Gasteiger partial charge in [0.1, 0.15) is 0 Å². The lowest BCUT2D eigenvalue weighted by Gasteiger charge is -2.37. The van der Waals surface area contributed by atoms with E-state index in [0.29, 0.717) is 19.4 Å². The third kappa shape index (κ3) is 2.37. The molecule has 2 rings (SSSR count). The summed E-state index contributed by atoms with van der Waals surface area (Å²) in [6.07, 6.45) is 0.450. The van der Waals surface area contributed by atoms with Crippen LogP contribution in [0.3, 0.4) is 0 Å². The summed E-state index contributed by atoms with van der Waals surface area (Å²) in [7, 11) is 0. The van der Waals surface area contributed by atoms with Crippen molar-refractivity contribution < 1.29 is 10.2 Å². The molecule has 0 spiro atoms. The lowest BCUT2D eigenvalue weighted by atomic mass is 9.84. The second-order valence-corrected chi connectivity index (χ2v) is 4.24. The maximum absolute atomic E-state index is 10.3. The summed E-state index contributed by atoms with van der Waals surface area (Å²) in [6.45, 7) is 1.24. The van der Waals surface area contributed by atoms with Crippen LogP contribution in [0.2, 0.25) is 0 Å². The van der Waals surface area contributed by atoms with E-state index >= 15 is 0 Å². The van der Waals surface area contributed by atoms with Crippen LogP contribution in [0.5, 0.6) is 0 Å². The summed E-state index contributed by atoms with van der Waals surface area (Å²) in [6, 6.07) is 9.81. The zero-order valence-electron chi connectivity index (χ0n) is 8.69. The molecule has 0 aliphatic carbocycles. The number of rotatable bonds is 2. The van der Waals surface area contributed by atoms with Crippen molar-refractivity contribution in [1.82, 2.24) is 5.32 Å². The molecule has 15 heavy (non-hydrogen) atoms. The molecule has 1 aromatic carbocycles. The van der Waals surface area contributed by atoms with Gasteiger partial charge in [-0.1, -0.05) is 30.3 Å². The molecule has 0 radical (unpaired) electrons. The number of β-amino-alcohol motifs (C(OH)–C–C–N with tert-alkyl or cyclic N) is 1. The highest BCUT2D eigenvalue weighted by Gasteiger charge is 2.37. The van der Waals surface area contributed by atoms with E-state index in [-0.39, 0.29) is 0 Å². The van der Waals surface area contributed by atoms with Crippen molar-refractivity contribution in [3.8, 4) is 0 Å². The number of benzene rings is 1. The van der Waals surface area contributed by atoms with Crippen LogP contribution < -0.4 is 5.32 Å². The van der Waals surface area contributed by atoms with E-state index in [2.05, 4.69) is 5.32 Å². The van der Waals surface area contributed by atoms with Crippen LogP contribution in [0.4, 0.5) is 0 Å². The average Bonchev–Trinajstić information content (AvgIpc) is 2.24. The van der Waals surface area contributed by atoms with Gasteiger partial charge in [-0.2, -0.15) is 0 Å². The first-order valence-electron chi connectivity index (χ1n) is 5.36. The van der Waals surface area contributed by atoms with Gasteiger partial charge in [0, 0.05) is 13.0 Å². The van der Waals surface area contributed by atoms with Gasteiger partial charge >= 0.3 is 0 Å². The zero-order valence-corrected chi connectivity index (χ0v) is 8.69. The lowest BCUT2D eigenvalue weighted by molar-refractivity contribution is -0.0911. The molecule has 0 saturated carbocycles. The predicted molar refractivity (Wildman–Crippen MR) is 58.6 cm³/mol. The first-order chi connectivity index (χ1) is 7.21. The minimum absolute atomic E-state index is 0.476. The van der Waals surface area contributed by atoms with Gasteiger partial charge < -0.3 is 15.5 Å². The molecule has 3 N–H and O–H groups in total. The normalized spacial score (nSPS) is 31.5. The van der Waals surface area contributed by atoms with Gasteiger partial charge in [0.05, 0.1) is 11.7 Å². The van der Waals surface area contributed by atoms with Crippen molar-refractivity contribution >= 4 is 0 Å². The second kappa shape index (κ2) is 4.31. The highest BCUT2D eigenvalue weighted by atomic mass is 16.3. The van der Waals surface area contributed by atoms with E-state index in [9.17, 15) is 10.2 Å². The van der Waals surface area contributed by atoms with E-state index in [1.54, 1.807) is 0 Å². The number of hydrogen-bond acceptors (Lipinski definition) is 3. The Morgan fingerprint density at radius 1 is 1.33 bits per heavy atom. The van der Waals surface area contributed by atoms with Crippen LogP contribution in [-0.4, -0.2) is 35.0 Å². The first kappa shape index (κ1) is 10.6. The smallest absolute Gasteiger partial charge is 0.0970 e. The summed E-state index contributed by atoms with van der Waals surface area (Å²) in [4.78, 5) is 0. The molecular weight excluding hydrogens is 190 g/mol. The van der Waals surface area contributed by atoms with Crippen LogP contribution in [0.25, 0.3) is 0 Å². The van der Waals surface area contributed by atoms with Crippen LogP contribution in [-0.2, 0) is 6.42 Å². The molecule has 1 saturated heterocycles. The minimum Gasteiger partial charge on any atom is -0.389 e. The van der Waals surface area contributed by atoms with Crippen LogP contribution in [0, 0.1) is 0 Å². The molecule has 1 aromatic rings. The summed E-state index contributed by atoms with van der Waals surface area (Å²) < 4.78 is 0. The van der Waals surface area contributed by atoms with Gasteiger partial charge in [-0.25, -0.2) is 0 Å². The highest BCUT2D eigenvalue weighted by molar-refractivity contribution is 5.18. The first-order valence-corrected chi connectivity index (χ1v) is 5.36. The third-order valence-corrected chi connectivity index (χ3v) is 3.05. The van der Waals surface area contributed by atoms with Crippen molar-refractivity contribution in [2.45, 2.75) is 24.5 Å². The summed E-state index contributed by atoms with van der Waals surface area (Å²) >= 11 is 0. The summed E-state index contributed by atoms with van der Waals surface area (Å²) in [5.74, 6) is 0. The molecule has 3 nitrogen and oxygen atoms in total. The van der Waals surface area contributed by atoms with Crippen LogP contribution in [0.15, 0.2) is 30.3 Å². The van der Waals surface area contributed by atoms with E-state index in [4.69, 9.17) is 0 Å². The minimum atomic E-state index is -0.966. The number of aliphatic hydroxyl groups is 2. The molecule has 1 fully saturated rings. The Hall–Kier alpha value is -0.900. The molecular formula is C12H17NO2. The van der Waals surface area contributed by atoms with Crippen molar-refractivity contribution in [1.29, 1.82) is 0 Å². The lowest BCUT2D eigenvalue weighted by Crippen LogP contribution is -2.55. The molecule has 82 valence electrons. The maximum atomic E-state index is 10.3. The van der Waals surface area contributed by atoms with Crippen LogP contribution >= 0.6 is 0 Å². The van der Waals surface area contributed by atoms with E-state index < -0.39 is 11.7 Å². The summed E-state index contributed by atoms with van der Waals surface area (Å²) in [5, 5.41) is 23.1. The van der Waals surface area contributed by atoms with Gasteiger partial charge in [-0.3, -0.25) is 0 Å². The van der Waals surface area contributed by atoms with Crippen molar-refractivity contribution in [2.24, 2.45) is 0 Å². The summed E-state index contributed by atoms with van der Waals surface area (Å²) in [5.41, 5.74) is 0.105. The molecule has 0 bridgehead atoms. The Kier molecular flexibility index (Phi) is 3.05. The van der Waals surface area contributed by atoms with Gasteiger partial charge in [-0.15, -0.1) is 0 Å². The van der Waals surface area contributed by atoms with Crippen molar-refractivity contribution in [3.63, 3.8) is 0 Å². The monoisotopic (exact) mass is 207 g/mol. The fourth-order valence-electron chi connectivity index (χ4n) is 2.06. The molecule has 3 heteroatoms. The topological polar surface area (TPSA) is 52.5 Å². The van der Waals surface area contributed by atoms with E-state index in [1.165, 1.54) is 0 Å². The second-order valence-electron chi connectivity index (χ2n) is 4.24. The SMILES string of the molecule is OC1CNCC[C@@]1(O)Cc1ccccc1. The zero-order chi connectivity index (χ0) is 10.7. The van der Waals surface area contributed by atoms with Crippen molar-refractivity contribution in [2.75, 3.05) is 13.1 Å². The molecule has 0 aromatic heterocycles. The number of hydrogen-bond donors (Lipinski definition) is 3. The van der Waals surface area contributed by atoms with E-state index in [0.717, 1.165) is 12.1 Å². The number of nitrogens with one attached hydrogen (secondary N) is 1. The third-order valence-electron chi connectivity index (χ3n) is 3.05. The Balaban J connectivity index is 2.09. The van der Waals surface area contributed by atoms with Crippen LogP contribution in [0.1, 0.15) is 12.0 Å². The van der Waals surface area contributed by atoms with Gasteiger partial charge in [0.25, 0.3) is 0 Å². The number of piperidine rings is 1. The van der Waals surface area contributed by atoms with Gasteiger partial charge in [0.2, 0.25) is 0 Å². The number of aliphatic hydroxyl groups excluding tert-OH is 1. The quantitative estimate of drug-likeness (QED) is 0.654. The molecule has 1 aliphatic rings. The fourth-order valence-corrected chi connectivity index (χ4v) is 2.06. The predicted octanol–water partition coefficient (Wildman–Crippen LogP) is 0.314. The van der Waals surface area contributed by atoms with Crippen molar-refractivity contribution in [3.05, 3.63) is 35.9 Å². The Labute approximate surface area is 89.8 Å². The maximum Gasteiger partial charge on any atom is 0.0970 e. The molecule has 1 unspecified atom stereocenters. The largest absolute Gasteiger partial charge is 0.389 e. The van der Waals surface area contributed by atoms with Gasteiger partial charge in [0.15, 0.2) is 0 Å². The fraction of sp³-hybridized carbons (Fsp3) is 0.500. The molecule has 1 heterocycles. The standard InChI is InChI=1S/C12H17NO2/c14-11-9-13-7-6-12(11,15)8-10-4-2-1-3-5-10/h1-5,11,13-15H,6-9H2/t11?,12-/m1/s1. The molecule has 1 aliphatic heterocycles.